The molecule has 1 rings (SSSR count). The third-order valence-electron chi connectivity index (χ3n) is 2.00. The van der Waals surface area contributed by atoms with Crippen LogP contribution in [0.1, 0.15) is 23.2 Å². The summed E-state index contributed by atoms with van der Waals surface area (Å²) in [6, 6.07) is 4.98. The first kappa shape index (κ1) is 13.0. The van der Waals surface area contributed by atoms with Gasteiger partial charge in [0, 0.05) is 16.8 Å². The third kappa shape index (κ3) is 3.83. The number of halogens is 1. The van der Waals surface area contributed by atoms with E-state index in [4.69, 9.17) is 15.6 Å². The molecule has 0 aromatic heterocycles. The topological polar surface area (TPSA) is 72.6 Å². The highest BCUT2D eigenvalue weighted by Crippen LogP contribution is 2.20. The van der Waals surface area contributed by atoms with Crippen molar-refractivity contribution < 1.29 is 14.6 Å². The number of carbonyl (C=O) groups excluding carboxylic acids is 1. The summed E-state index contributed by atoms with van der Waals surface area (Å²) < 4.78 is 5.69. The Labute approximate surface area is 103 Å². The molecular formula is C11H14BrNO3. The lowest BCUT2D eigenvalue weighted by Crippen LogP contribution is -2.08. The highest BCUT2D eigenvalue weighted by molar-refractivity contribution is 9.10. The van der Waals surface area contributed by atoms with Gasteiger partial charge in [-0.1, -0.05) is 0 Å². The molecule has 0 fully saturated rings. The molecule has 88 valence electrons. The second-order valence-electron chi connectivity index (χ2n) is 3.31. The molecule has 1 aromatic rings. The van der Waals surface area contributed by atoms with Crippen molar-refractivity contribution in [3.8, 4) is 0 Å². The minimum atomic E-state index is -0.405. The monoisotopic (exact) mass is 287 g/mol. The van der Waals surface area contributed by atoms with Gasteiger partial charge in [0.2, 0.25) is 0 Å². The van der Waals surface area contributed by atoms with Crippen LogP contribution in [0, 0.1) is 0 Å². The van der Waals surface area contributed by atoms with E-state index in [1.54, 1.807) is 18.2 Å². The van der Waals surface area contributed by atoms with Crippen LogP contribution in [0.15, 0.2) is 22.7 Å². The fraction of sp³-hybridized carbons (Fsp3) is 0.364. The number of hydrogen-bond donors (Lipinski definition) is 2. The summed E-state index contributed by atoms with van der Waals surface area (Å²) in [5, 5.41) is 8.56. The number of anilines is 1. The van der Waals surface area contributed by atoms with Crippen LogP contribution in [0.5, 0.6) is 0 Å². The molecule has 4 nitrogen and oxygen atoms in total. The Balaban J connectivity index is 2.55. The summed E-state index contributed by atoms with van der Waals surface area (Å²) in [6.45, 7) is 0.417. The van der Waals surface area contributed by atoms with E-state index in [-0.39, 0.29) is 6.61 Å². The molecule has 0 aliphatic rings. The minimum absolute atomic E-state index is 0.111. The number of hydrogen-bond acceptors (Lipinski definition) is 4. The van der Waals surface area contributed by atoms with Gasteiger partial charge in [0.1, 0.15) is 0 Å². The molecule has 0 unspecified atom stereocenters. The van der Waals surface area contributed by atoms with Crippen molar-refractivity contribution in [2.45, 2.75) is 12.8 Å². The molecule has 0 spiro atoms. The standard InChI is InChI=1S/C11H14BrNO3/c12-10-4-3-8(13)7-9(10)11(15)16-6-2-1-5-14/h3-4,7,14H,1-2,5-6,13H2. The van der Waals surface area contributed by atoms with Crippen molar-refractivity contribution in [1.29, 1.82) is 0 Å². The zero-order valence-corrected chi connectivity index (χ0v) is 10.4. The average molecular weight is 288 g/mol. The van der Waals surface area contributed by atoms with Crippen LogP contribution in [0.25, 0.3) is 0 Å². The molecule has 0 saturated carbocycles. The van der Waals surface area contributed by atoms with E-state index in [0.29, 0.717) is 35.2 Å². The number of unbranched alkanes of at least 4 members (excludes halogenated alkanes) is 1. The van der Waals surface area contributed by atoms with Gasteiger partial charge in [0.15, 0.2) is 0 Å². The van der Waals surface area contributed by atoms with Crippen molar-refractivity contribution in [2.75, 3.05) is 18.9 Å². The van der Waals surface area contributed by atoms with Crippen LogP contribution in [0.2, 0.25) is 0 Å². The van der Waals surface area contributed by atoms with Crippen LogP contribution in [0.3, 0.4) is 0 Å². The van der Waals surface area contributed by atoms with Crippen molar-refractivity contribution >= 4 is 27.6 Å². The molecule has 0 aliphatic heterocycles. The fourth-order valence-electron chi connectivity index (χ4n) is 1.16. The SMILES string of the molecule is Nc1ccc(Br)c(C(=O)OCCCCO)c1. The van der Waals surface area contributed by atoms with Crippen molar-refractivity contribution in [2.24, 2.45) is 0 Å². The third-order valence-corrected chi connectivity index (χ3v) is 2.69. The second-order valence-corrected chi connectivity index (χ2v) is 4.16. The largest absolute Gasteiger partial charge is 0.462 e. The maximum Gasteiger partial charge on any atom is 0.339 e. The van der Waals surface area contributed by atoms with Gasteiger partial charge in [-0.25, -0.2) is 4.79 Å². The number of benzene rings is 1. The van der Waals surface area contributed by atoms with Gasteiger partial charge in [-0.15, -0.1) is 0 Å². The van der Waals surface area contributed by atoms with E-state index in [0.717, 1.165) is 0 Å². The van der Waals surface area contributed by atoms with Gasteiger partial charge in [0.05, 0.1) is 12.2 Å². The molecule has 5 heteroatoms. The van der Waals surface area contributed by atoms with E-state index in [2.05, 4.69) is 15.9 Å². The summed E-state index contributed by atoms with van der Waals surface area (Å²) in [5.41, 5.74) is 6.52. The van der Waals surface area contributed by atoms with Crippen molar-refractivity contribution in [3.05, 3.63) is 28.2 Å². The number of ether oxygens (including phenoxy) is 1. The number of aliphatic hydroxyl groups is 1. The number of esters is 1. The Hall–Kier alpha value is -1.07. The zero-order chi connectivity index (χ0) is 12.0. The van der Waals surface area contributed by atoms with E-state index in [1.165, 1.54) is 0 Å². The Morgan fingerprint density at radius 2 is 2.19 bits per heavy atom. The van der Waals surface area contributed by atoms with Crippen molar-refractivity contribution in [1.82, 2.24) is 0 Å². The van der Waals surface area contributed by atoms with Gasteiger partial charge >= 0.3 is 5.97 Å². The molecule has 0 aliphatic carbocycles. The quantitative estimate of drug-likeness (QED) is 0.493. The van der Waals surface area contributed by atoms with Crippen LogP contribution in [-0.2, 0) is 4.74 Å². The summed E-state index contributed by atoms with van der Waals surface area (Å²) >= 11 is 3.26. The number of aliphatic hydroxyl groups excluding tert-OH is 1. The smallest absolute Gasteiger partial charge is 0.339 e. The Morgan fingerprint density at radius 3 is 2.88 bits per heavy atom. The molecule has 16 heavy (non-hydrogen) atoms. The predicted molar refractivity (Wildman–Crippen MR) is 65.2 cm³/mol. The Morgan fingerprint density at radius 1 is 1.44 bits per heavy atom. The average Bonchev–Trinajstić information content (AvgIpc) is 2.27. The Bertz CT molecular complexity index is 368. The highest BCUT2D eigenvalue weighted by atomic mass is 79.9. The predicted octanol–water partition coefficient (Wildman–Crippen LogP) is 1.96. The number of nitrogen functional groups attached to an aromatic ring is 1. The van der Waals surface area contributed by atoms with Crippen molar-refractivity contribution in [3.63, 3.8) is 0 Å². The molecule has 3 N–H and O–H groups in total. The summed E-state index contributed by atoms with van der Waals surface area (Å²) in [4.78, 5) is 11.6. The maximum absolute atomic E-state index is 11.6. The summed E-state index contributed by atoms with van der Waals surface area (Å²) in [5.74, 6) is -0.405. The lowest BCUT2D eigenvalue weighted by molar-refractivity contribution is 0.0491. The fourth-order valence-corrected chi connectivity index (χ4v) is 1.56. The molecule has 0 heterocycles. The zero-order valence-electron chi connectivity index (χ0n) is 8.78. The first-order valence-electron chi connectivity index (χ1n) is 4.98. The van der Waals surface area contributed by atoms with Crippen LogP contribution >= 0.6 is 15.9 Å². The molecule has 1 aromatic carbocycles. The molecule has 0 bridgehead atoms. The molecule has 0 atom stereocenters. The van der Waals surface area contributed by atoms with Crippen LogP contribution in [-0.4, -0.2) is 24.3 Å². The summed E-state index contributed by atoms with van der Waals surface area (Å²) in [6.07, 6.45) is 1.29. The van der Waals surface area contributed by atoms with E-state index in [1.807, 2.05) is 0 Å². The second kappa shape index (κ2) is 6.50. The van der Waals surface area contributed by atoms with Gasteiger partial charge < -0.3 is 15.6 Å². The van der Waals surface area contributed by atoms with Gasteiger partial charge in [-0.05, 0) is 47.0 Å². The first-order chi connectivity index (χ1) is 7.65. The molecule has 0 radical (unpaired) electrons. The molecule has 0 amide bonds. The normalized spacial score (nSPS) is 10.1. The van der Waals surface area contributed by atoms with E-state index < -0.39 is 5.97 Å². The number of rotatable bonds is 5. The Kier molecular flexibility index (Phi) is 5.28. The number of carbonyl (C=O) groups is 1. The van der Waals surface area contributed by atoms with Crippen LogP contribution in [0.4, 0.5) is 5.69 Å². The van der Waals surface area contributed by atoms with Gasteiger partial charge in [-0.3, -0.25) is 0 Å². The lowest BCUT2D eigenvalue weighted by Gasteiger charge is -2.06. The minimum Gasteiger partial charge on any atom is -0.462 e. The van der Waals surface area contributed by atoms with Gasteiger partial charge in [-0.2, -0.15) is 0 Å². The van der Waals surface area contributed by atoms with Gasteiger partial charge in [0.25, 0.3) is 0 Å². The first-order valence-corrected chi connectivity index (χ1v) is 5.77. The number of nitrogens with two attached hydrogens (primary N) is 1. The highest BCUT2D eigenvalue weighted by Gasteiger charge is 2.11. The molecular weight excluding hydrogens is 274 g/mol. The van der Waals surface area contributed by atoms with E-state index in [9.17, 15) is 4.79 Å². The lowest BCUT2D eigenvalue weighted by atomic mass is 10.2. The summed E-state index contributed by atoms with van der Waals surface area (Å²) in [7, 11) is 0. The van der Waals surface area contributed by atoms with Crippen LogP contribution < -0.4 is 5.73 Å². The molecule has 0 saturated heterocycles. The maximum atomic E-state index is 11.6. The van der Waals surface area contributed by atoms with E-state index >= 15 is 0 Å².